The van der Waals surface area contributed by atoms with Gasteiger partial charge < -0.3 is 15.3 Å². The van der Waals surface area contributed by atoms with E-state index in [2.05, 4.69) is 5.32 Å². The molecule has 0 spiro atoms. The molecule has 32 heavy (non-hydrogen) atoms. The number of fused-ring (bicyclic) bond motifs is 1. The van der Waals surface area contributed by atoms with Crippen molar-refractivity contribution in [3.63, 3.8) is 0 Å². The van der Waals surface area contributed by atoms with E-state index in [1.165, 1.54) is 0 Å². The second-order valence-corrected chi connectivity index (χ2v) is 8.12. The zero-order valence-electron chi connectivity index (χ0n) is 17.3. The molecule has 2 aromatic rings. The number of rotatable bonds is 5. The van der Waals surface area contributed by atoms with Crippen LogP contribution < -0.4 is 10.2 Å². The zero-order valence-corrected chi connectivity index (χ0v) is 18.1. The molecule has 1 saturated heterocycles. The van der Waals surface area contributed by atoms with Crippen LogP contribution in [0.3, 0.4) is 0 Å². The number of carbonyl (C=O) groups is 3. The van der Waals surface area contributed by atoms with Crippen molar-refractivity contribution in [3.8, 4) is 0 Å². The third kappa shape index (κ3) is 4.36. The molecule has 0 aromatic heterocycles. The van der Waals surface area contributed by atoms with E-state index in [4.69, 9.17) is 11.6 Å². The van der Waals surface area contributed by atoms with Crippen molar-refractivity contribution in [3.05, 3.63) is 99.8 Å². The fraction of sp³-hybridized carbons (Fsp3) is 0.160. The number of hydrogen-bond donors (Lipinski definition) is 2. The Kier molecular flexibility index (Phi) is 5.97. The molecule has 1 unspecified atom stereocenters. The van der Waals surface area contributed by atoms with E-state index in [0.29, 0.717) is 46.1 Å². The number of carbonyl (C=O) groups excluding carboxylic acids is 2. The Hall–Kier alpha value is -3.64. The molecule has 1 atom stereocenters. The predicted octanol–water partition coefficient (Wildman–Crippen LogP) is 4.45. The fourth-order valence-electron chi connectivity index (χ4n) is 3.67. The van der Waals surface area contributed by atoms with Gasteiger partial charge in [-0.05, 0) is 67.0 Å². The summed E-state index contributed by atoms with van der Waals surface area (Å²) in [5, 5.41) is 12.6. The molecule has 162 valence electrons. The number of aliphatic carboxylic acids is 1. The van der Waals surface area contributed by atoms with Gasteiger partial charge in [-0.1, -0.05) is 35.9 Å². The molecular weight excluding hydrogens is 428 g/mol. The van der Waals surface area contributed by atoms with Gasteiger partial charge in [-0.3, -0.25) is 14.4 Å². The summed E-state index contributed by atoms with van der Waals surface area (Å²) in [5.41, 5.74) is 3.84. The molecule has 2 amide bonds. The highest BCUT2D eigenvalue weighted by atomic mass is 35.5. The van der Waals surface area contributed by atoms with Gasteiger partial charge in [0.05, 0.1) is 12.5 Å². The van der Waals surface area contributed by atoms with Crippen LogP contribution in [0.5, 0.6) is 0 Å². The first-order chi connectivity index (χ1) is 15.3. The average molecular weight is 449 g/mol. The summed E-state index contributed by atoms with van der Waals surface area (Å²) in [5.74, 6) is -1.96. The number of nitrogens with zero attached hydrogens (tertiary/aromatic N) is 1. The summed E-state index contributed by atoms with van der Waals surface area (Å²) in [7, 11) is 0. The van der Waals surface area contributed by atoms with E-state index >= 15 is 0 Å². The van der Waals surface area contributed by atoms with Crippen molar-refractivity contribution in [1.29, 1.82) is 0 Å². The number of benzene rings is 2. The summed E-state index contributed by atoms with van der Waals surface area (Å²) in [6, 6.07) is 13.6. The van der Waals surface area contributed by atoms with Gasteiger partial charge >= 0.3 is 5.97 Å². The van der Waals surface area contributed by atoms with Crippen molar-refractivity contribution in [2.45, 2.75) is 19.3 Å². The molecule has 0 bridgehead atoms. The Labute approximate surface area is 190 Å². The summed E-state index contributed by atoms with van der Waals surface area (Å²) < 4.78 is 0. The summed E-state index contributed by atoms with van der Waals surface area (Å²) in [4.78, 5) is 38.5. The van der Waals surface area contributed by atoms with E-state index < -0.39 is 11.9 Å². The zero-order chi connectivity index (χ0) is 22.8. The average Bonchev–Trinajstić information content (AvgIpc) is 2.95. The van der Waals surface area contributed by atoms with Crippen LogP contribution in [0.15, 0.2) is 83.6 Å². The molecule has 2 aromatic carbocycles. The minimum absolute atomic E-state index is 0.163. The van der Waals surface area contributed by atoms with Crippen molar-refractivity contribution in [2.75, 3.05) is 11.4 Å². The van der Waals surface area contributed by atoms with Crippen LogP contribution in [0.25, 0.3) is 0 Å². The number of nitrogens with one attached hydrogen (secondary N) is 1. The Bertz CT molecular complexity index is 1180. The van der Waals surface area contributed by atoms with Crippen molar-refractivity contribution in [2.24, 2.45) is 0 Å². The molecule has 2 aliphatic rings. The lowest BCUT2D eigenvalue weighted by Gasteiger charge is -2.16. The van der Waals surface area contributed by atoms with Gasteiger partial charge in [0.25, 0.3) is 11.8 Å². The Morgan fingerprint density at radius 1 is 1.06 bits per heavy atom. The largest absolute Gasteiger partial charge is 0.481 e. The molecule has 0 saturated carbocycles. The minimum Gasteiger partial charge on any atom is -0.481 e. The van der Waals surface area contributed by atoms with Crippen LogP contribution in [-0.4, -0.2) is 29.4 Å². The smallest absolute Gasteiger partial charge is 0.310 e. The Morgan fingerprint density at radius 2 is 1.75 bits per heavy atom. The summed E-state index contributed by atoms with van der Waals surface area (Å²) in [6.45, 7) is 2.04. The number of anilines is 1. The van der Waals surface area contributed by atoms with E-state index in [1.807, 2.05) is 12.2 Å². The maximum atomic E-state index is 13.1. The molecule has 1 heterocycles. The molecule has 6 nitrogen and oxygen atoms in total. The van der Waals surface area contributed by atoms with Crippen molar-refractivity contribution in [1.82, 2.24) is 5.32 Å². The Balaban J connectivity index is 1.52. The Morgan fingerprint density at radius 3 is 2.41 bits per heavy atom. The van der Waals surface area contributed by atoms with Gasteiger partial charge in [0.15, 0.2) is 0 Å². The van der Waals surface area contributed by atoms with E-state index in [0.717, 1.165) is 5.57 Å². The van der Waals surface area contributed by atoms with Crippen molar-refractivity contribution < 1.29 is 19.5 Å². The molecule has 1 aliphatic carbocycles. The number of carboxylic acids is 1. The SMILES string of the molecule is CC(C(=O)O)c1ccc(N2CC3=CCC=C(NC(=O)c4ccc(Cl)cc4)C=C3C2=O)cc1. The second-order valence-electron chi connectivity index (χ2n) is 7.69. The van der Waals surface area contributed by atoms with Crippen LogP contribution in [0, 0.1) is 0 Å². The molecule has 1 aliphatic heterocycles. The highest BCUT2D eigenvalue weighted by molar-refractivity contribution is 6.30. The first-order valence-corrected chi connectivity index (χ1v) is 10.5. The normalized spacial score (nSPS) is 16.4. The lowest BCUT2D eigenvalue weighted by atomic mass is 10.0. The highest BCUT2D eigenvalue weighted by Gasteiger charge is 2.32. The van der Waals surface area contributed by atoms with Crippen LogP contribution in [0.2, 0.25) is 5.02 Å². The van der Waals surface area contributed by atoms with Crippen LogP contribution in [0.1, 0.15) is 35.2 Å². The monoisotopic (exact) mass is 448 g/mol. The van der Waals surface area contributed by atoms with Crippen LogP contribution in [0.4, 0.5) is 5.69 Å². The molecule has 7 heteroatoms. The molecule has 4 rings (SSSR count). The van der Waals surface area contributed by atoms with Crippen LogP contribution >= 0.6 is 11.6 Å². The molecule has 2 N–H and O–H groups in total. The van der Waals surface area contributed by atoms with Gasteiger partial charge in [0.1, 0.15) is 0 Å². The van der Waals surface area contributed by atoms with E-state index in [9.17, 15) is 19.5 Å². The van der Waals surface area contributed by atoms with E-state index in [-0.39, 0.29) is 11.8 Å². The highest BCUT2D eigenvalue weighted by Crippen LogP contribution is 2.32. The minimum atomic E-state index is -0.896. The number of carboxylic acid groups (broad SMARTS) is 1. The van der Waals surface area contributed by atoms with E-state index in [1.54, 1.807) is 66.4 Å². The van der Waals surface area contributed by atoms with Gasteiger partial charge in [0.2, 0.25) is 0 Å². The molecular formula is C25H21ClN2O4. The molecule has 1 fully saturated rings. The maximum absolute atomic E-state index is 13.1. The lowest BCUT2D eigenvalue weighted by molar-refractivity contribution is -0.138. The molecule has 0 radical (unpaired) electrons. The first-order valence-electron chi connectivity index (χ1n) is 10.2. The van der Waals surface area contributed by atoms with Gasteiger partial charge in [-0.15, -0.1) is 0 Å². The van der Waals surface area contributed by atoms with Gasteiger partial charge in [-0.2, -0.15) is 0 Å². The number of allylic oxidation sites excluding steroid dienone is 3. The maximum Gasteiger partial charge on any atom is 0.310 e. The first kappa shape index (κ1) is 21.6. The van der Waals surface area contributed by atoms with Gasteiger partial charge in [-0.25, -0.2) is 0 Å². The summed E-state index contributed by atoms with van der Waals surface area (Å²) in [6.07, 6.45) is 6.13. The standard InChI is InChI=1S/C25H21ClN2O4/c1-15(25(31)32)16-7-11-21(12-8-16)28-14-18-3-2-4-20(13-22(18)24(28)30)27-23(29)17-5-9-19(26)10-6-17/h3-13,15H,2,14H2,1H3,(H,27,29)(H,31,32). The van der Waals surface area contributed by atoms with Gasteiger partial charge in [0, 0.05) is 27.5 Å². The van der Waals surface area contributed by atoms with Crippen LogP contribution in [-0.2, 0) is 9.59 Å². The third-order valence-electron chi connectivity index (χ3n) is 5.59. The third-order valence-corrected chi connectivity index (χ3v) is 5.84. The second kappa shape index (κ2) is 8.85. The summed E-state index contributed by atoms with van der Waals surface area (Å²) >= 11 is 5.88. The lowest BCUT2D eigenvalue weighted by Crippen LogP contribution is -2.25. The predicted molar refractivity (Wildman–Crippen MR) is 123 cm³/mol. The quantitative estimate of drug-likeness (QED) is 0.707. The number of amides is 2. The van der Waals surface area contributed by atoms with Crippen molar-refractivity contribution >= 4 is 35.1 Å². The number of halogens is 1. The number of hydrogen-bond acceptors (Lipinski definition) is 3. The fourth-order valence-corrected chi connectivity index (χ4v) is 3.79. The topological polar surface area (TPSA) is 86.7 Å².